The number of unbranched alkanes of at least 4 members (excludes halogenated alkanes) is 5. The van der Waals surface area contributed by atoms with Crippen molar-refractivity contribution in [2.75, 3.05) is 26.4 Å². The van der Waals surface area contributed by atoms with Crippen LogP contribution in [0.25, 0.3) is 0 Å². The highest BCUT2D eigenvalue weighted by Gasteiger charge is 2.58. The van der Waals surface area contributed by atoms with Crippen LogP contribution in [0.5, 0.6) is 0 Å². The van der Waals surface area contributed by atoms with E-state index >= 15 is 0 Å². The van der Waals surface area contributed by atoms with Crippen LogP contribution < -0.4 is 5.32 Å². The molecule has 18 heteroatoms. The Balaban J connectivity index is 1.02. The number of hydrogen-bond donors (Lipinski definition) is 1. The van der Waals surface area contributed by atoms with E-state index in [1.807, 2.05) is 243 Å². The standard InChI is InChI=1S/C88H105NO17/c1-4-7-8-9-10-35-52-95-87-84(82(99-59-70-48-31-17-32-49-70)78(96-56-67-42-25-14-26-43-67)72(102-87)61-92-53-64-36-19-11-20-37-64)106-86-77(89-75(90)5-2)81(98-58-69-46-29-16-30-47-69)80(74(101-86)63-94-55-66-40-23-13-24-41-66)105-88-85(104-76(91)6-3)83(100-60-71-50-33-18-34-51-71)79(97-57-68-44-27-15-28-45-68)73(103-88)62-93-54-65-38-21-12-22-39-65/h11-34,36-51,72-74,77-88H,4-10,35,52-63H2,1-3H3,(H,89,90)/t72-,73-,74-,77-,78-,79+,80-,81-,82+,83+,84+,85-,86+,87+,88+/m1/s1. The zero-order valence-electron chi connectivity index (χ0n) is 61.3. The smallest absolute Gasteiger partial charge is 0.306 e. The number of benzene rings is 8. The Morgan fingerprint density at radius 3 is 1.02 bits per heavy atom. The van der Waals surface area contributed by atoms with Gasteiger partial charge in [-0.15, -0.1) is 0 Å². The van der Waals surface area contributed by atoms with Crippen LogP contribution >= 0.6 is 0 Å². The average Bonchev–Trinajstić information content (AvgIpc) is 0.762. The molecule has 106 heavy (non-hydrogen) atoms. The number of carbonyl (C=O) groups is 2. The highest BCUT2D eigenvalue weighted by molar-refractivity contribution is 5.76. The van der Waals surface area contributed by atoms with Crippen molar-refractivity contribution in [3.05, 3.63) is 287 Å². The monoisotopic (exact) mass is 1450 g/mol. The fourth-order valence-electron chi connectivity index (χ4n) is 13.3. The SMILES string of the molecule is CCCCCCCCO[C@H]1O[C@H](COCc2ccccc2)[C@@H](OCc2ccccc2)[C@H](OCc2ccccc2)[C@@H]1O[C@@H]1O[C@H](COCc2ccccc2)[C@@H](O[C@@H]2O[C@H](COCc3ccccc3)[C@H](OCc3ccccc3)[C@H](OCc3ccccc3)[C@H]2OC(=O)CC)[C@H](OCc2ccccc2)[C@H]1NC(=O)CC. The molecule has 0 bridgehead atoms. The van der Waals surface area contributed by atoms with E-state index in [1.165, 1.54) is 0 Å². The molecule has 8 aromatic carbocycles. The van der Waals surface area contributed by atoms with E-state index in [1.54, 1.807) is 13.8 Å². The summed E-state index contributed by atoms with van der Waals surface area (Å²) < 4.78 is 107. The second-order valence-electron chi connectivity index (χ2n) is 27.0. The van der Waals surface area contributed by atoms with E-state index in [2.05, 4.69) is 12.2 Å². The molecule has 3 fully saturated rings. The topological polar surface area (TPSA) is 185 Å². The molecule has 3 heterocycles. The van der Waals surface area contributed by atoms with Gasteiger partial charge >= 0.3 is 5.97 Å². The van der Waals surface area contributed by atoms with Gasteiger partial charge in [0.1, 0.15) is 67.1 Å². The normalized spacial score (nSPS) is 24.5. The predicted molar refractivity (Wildman–Crippen MR) is 401 cm³/mol. The predicted octanol–water partition coefficient (Wildman–Crippen LogP) is 15.1. The highest BCUT2D eigenvalue weighted by Crippen LogP contribution is 2.39. The van der Waals surface area contributed by atoms with Gasteiger partial charge in [-0.2, -0.15) is 0 Å². The lowest BCUT2D eigenvalue weighted by molar-refractivity contribution is -0.383. The minimum atomic E-state index is -1.45. The van der Waals surface area contributed by atoms with E-state index < -0.39 is 98.0 Å². The van der Waals surface area contributed by atoms with Crippen LogP contribution in [0.4, 0.5) is 0 Å². The minimum absolute atomic E-state index is 0.00715. The van der Waals surface area contributed by atoms with Gasteiger partial charge in [0.2, 0.25) is 5.91 Å². The van der Waals surface area contributed by atoms with Gasteiger partial charge < -0.3 is 76.4 Å². The maximum Gasteiger partial charge on any atom is 0.306 e. The quantitative estimate of drug-likeness (QED) is 0.0281. The van der Waals surface area contributed by atoms with Crippen LogP contribution in [0.1, 0.15) is 117 Å². The van der Waals surface area contributed by atoms with Gasteiger partial charge in [0.15, 0.2) is 25.0 Å². The van der Waals surface area contributed by atoms with Gasteiger partial charge in [-0.05, 0) is 50.9 Å². The van der Waals surface area contributed by atoms with Crippen LogP contribution in [0.2, 0.25) is 0 Å². The molecule has 8 aromatic rings. The molecule has 1 amide bonds. The van der Waals surface area contributed by atoms with Gasteiger partial charge in [-0.3, -0.25) is 9.59 Å². The number of amides is 1. The molecule has 3 aliphatic rings. The Morgan fingerprint density at radius 1 is 0.311 bits per heavy atom. The van der Waals surface area contributed by atoms with Crippen molar-refractivity contribution < 1.29 is 80.6 Å². The molecule has 0 spiro atoms. The summed E-state index contributed by atoms with van der Waals surface area (Å²) in [6.07, 6.45) is -9.16. The molecule has 3 saturated heterocycles. The Bertz CT molecular complexity index is 3690. The first-order valence-electron chi connectivity index (χ1n) is 37.8. The van der Waals surface area contributed by atoms with Gasteiger partial charge in [-0.25, -0.2) is 0 Å². The third kappa shape index (κ3) is 24.6. The van der Waals surface area contributed by atoms with E-state index in [0.717, 1.165) is 83.0 Å². The molecule has 0 unspecified atom stereocenters. The summed E-state index contributed by atoms with van der Waals surface area (Å²) in [6, 6.07) is 77.7. The largest absolute Gasteiger partial charge is 0.454 e. The van der Waals surface area contributed by atoms with E-state index in [9.17, 15) is 9.59 Å². The first-order chi connectivity index (χ1) is 52.3. The third-order valence-electron chi connectivity index (χ3n) is 19.0. The molecule has 3 aliphatic heterocycles. The first-order valence-corrected chi connectivity index (χ1v) is 37.8. The van der Waals surface area contributed by atoms with Crippen molar-refractivity contribution >= 4 is 11.9 Å². The molecule has 11 rings (SSSR count). The van der Waals surface area contributed by atoms with E-state index in [-0.39, 0.29) is 84.8 Å². The van der Waals surface area contributed by atoms with Crippen LogP contribution in [0, 0.1) is 0 Å². The summed E-state index contributed by atoms with van der Waals surface area (Å²) >= 11 is 0. The van der Waals surface area contributed by atoms with Gasteiger partial charge in [0, 0.05) is 19.4 Å². The Morgan fingerprint density at radius 2 is 0.632 bits per heavy atom. The lowest BCUT2D eigenvalue weighted by Gasteiger charge is -2.52. The van der Waals surface area contributed by atoms with Gasteiger partial charge in [0.25, 0.3) is 0 Å². The molecular formula is C88H105NO17. The maximum absolute atomic E-state index is 14.7. The van der Waals surface area contributed by atoms with Crippen LogP contribution in [0.3, 0.4) is 0 Å². The number of hydrogen-bond acceptors (Lipinski definition) is 17. The van der Waals surface area contributed by atoms with Crippen LogP contribution in [-0.2, 0) is 133 Å². The molecule has 18 nitrogen and oxygen atoms in total. The fraction of sp³-hybridized carbons (Fsp3) is 0.432. The molecule has 0 radical (unpaired) electrons. The van der Waals surface area contributed by atoms with Crippen molar-refractivity contribution in [3.8, 4) is 0 Å². The molecule has 0 saturated carbocycles. The summed E-state index contributed by atoms with van der Waals surface area (Å²) in [7, 11) is 0. The fourth-order valence-corrected chi connectivity index (χ4v) is 13.3. The van der Waals surface area contributed by atoms with Crippen molar-refractivity contribution in [3.63, 3.8) is 0 Å². The zero-order valence-corrected chi connectivity index (χ0v) is 61.3. The van der Waals surface area contributed by atoms with Crippen molar-refractivity contribution in [2.45, 2.75) is 217 Å². The lowest BCUT2D eigenvalue weighted by Crippen LogP contribution is -2.70. The molecular weight excluding hydrogens is 1340 g/mol. The van der Waals surface area contributed by atoms with E-state index in [4.69, 9.17) is 71.1 Å². The van der Waals surface area contributed by atoms with Gasteiger partial charge in [0.05, 0.1) is 72.7 Å². The Hall–Kier alpha value is -7.86. The van der Waals surface area contributed by atoms with E-state index in [0.29, 0.717) is 13.2 Å². The number of ether oxygens (including phenoxy) is 15. The number of carbonyl (C=O) groups excluding carboxylic acids is 2. The molecule has 0 aliphatic carbocycles. The highest BCUT2D eigenvalue weighted by atomic mass is 16.8. The number of rotatable bonds is 43. The summed E-state index contributed by atoms with van der Waals surface area (Å²) in [6.45, 7) is 7.34. The van der Waals surface area contributed by atoms with Crippen molar-refractivity contribution in [1.29, 1.82) is 0 Å². The lowest BCUT2D eigenvalue weighted by atomic mass is 9.93. The number of nitrogens with one attached hydrogen (secondary N) is 1. The minimum Gasteiger partial charge on any atom is -0.454 e. The molecule has 0 aromatic heterocycles. The molecule has 1 N–H and O–H groups in total. The third-order valence-corrected chi connectivity index (χ3v) is 19.0. The zero-order chi connectivity index (χ0) is 73.2. The Labute approximate surface area is 625 Å². The maximum atomic E-state index is 14.7. The molecule has 564 valence electrons. The number of esters is 1. The summed E-state index contributed by atoms with van der Waals surface area (Å²) in [4.78, 5) is 29.0. The second kappa shape index (κ2) is 43.8. The summed E-state index contributed by atoms with van der Waals surface area (Å²) in [5.41, 5.74) is 7.26. The van der Waals surface area contributed by atoms with Crippen molar-refractivity contribution in [2.24, 2.45) is 0 Å². The van der Waals surface area contributed by atoms with Crippen molar-refractivity contribution in [1.82, 2.24) is 5.32 Å². The van der Waals surface area contributed by atoms with Gasteiger partial charge in [-0.1, -0.05) is 296 Å². The van der Waals surface area contributed by atoms with Crippen LogP contribution in [-0.4, -0.2) is 130 Å². The summed E-state index contributed by atoms with van der Waals surface area (Å²) in [5.74, 6) is -0.882. The second-order valence-corrected chi connectivity index (χ2v) is 27.0. The average molecular weight is 1450 g/mol. The van der Waals surface area contributed by atoms with Crippen LogP contribution in [0.15, 0.2) is 243 Å². The Kier molecular flexibility index (Phi) is 32.7. The summed E-state index contributed by atoms with van der Waals surface area (Å²) in [5, 5.41) is 3.33. The molecule has 15 atom stereocenters. The first kappa shape index (κ1) is 79.2.